The smallest absolute Gasteiger partial charge is 0.340 e. The molecule has 0 unspecified atom stereocenters. The number of nitrogens with zero attached hydrogens (tertiary/aromatic N) is 1. The van der Waals surface area contributed by atoms with Crippen molar-refractivity contribution in [2.45, 2.75) is 13.5 Å². The van der Waals surface area contributed by atoms with E-state index in [1.54, 1.807) is 19.2 Å². The average Bonchev–Trinajstić information content (AvgIpc) is 2.60. The summed E-state index contributed by atoms with van der Waals surface area (Å²) in [7, 11) is -1.92. The molecule has 0 atom stereocenters. The van der Waals surface area contributed by atoms with Gasteiger partial charge < -0.3 is 9.64 Å². The van der Waals surface area contributed by atoms with Gasteiger partial charge in [0.1, 0.15) is 0 Å². The lowest BCUT2D eigenvalue weighted by Gasteiger charge is -2.18. The molecule has 8 heteroatoms. The quantitative estimate of drug-likeness (QED) is 0.732. The van der Waals surface area contributed by atoms with Crippen molar-refractivity contribution in [1.29, 1.82) is 0 Å². The van der Waals surface area contributed by atoms with E-state index in [4.69, 9.17) is 4.74 Å². The topological polar surface area (TPSA) is 92.8 Å². The van der Waals surface area contributed by atoms with Gasteiger partial charge in [-0.3, -0.25) is 9.52 Å². The summed E-state index contributed by atoms with van der Waals surface area (Å²) >= 11 is 0. The van der Waals surface area contributed by atoms with E-state index >= 15 is 0 Å². The van der Waals surface area contributed by atoms with E-state index in [0.29, 0.717) is 6.54 Å². The van der Waals surface area contributed by atoms with Crippen LogP contribution in [0.15, 0.2) is 48.5 Å². The molecule has 1 amide bonds. The third kappa shape index (κ3) is 6.10. The van der Waals surface area contributed by atoms with Crippen molar-refractivity contribution >= 4 is 27.6 Å². The number of aryl methyl sites for hydroxylation is 1. The number of rotatable bonds is 7. The Morgan fingerprint density at radius 2 is 1.70 bits per heavy atom. The van der Waals surface area contributed by atoms with E-state index < -0.39 is 22.6 Å². The van der Waals surface area contributed by atoms with E-state index in [-0.39, 0.29) is 17.2 Å². The zero-order chi connectivity index (χ0) is 20.0. The fourth-order valence-corrected chi connectivity index (χ4v) is 2.97. The predicted molar refractivity (Wildman–Crippen MR) is 103 cm³/mol. The summed E-state index contributed by atoms with van der Waals surface area (Å²) in [6.45, 7) is 1.92. The number of esters is 1. The van der Waals surface area contributed by atoms with Gasteiger partial charge in [-0.1, -0.05) is 36.4 Å². The van der Waals surface area contributed by atoms with Crippen molar-refractivity contribution in [2.24, 2.45) is 0 Å². The minimum Gasteiger partial charge on any atom is -0.452 e. The Kier molecular flexibility index (Phi) is 6.57. The minimum atomic E-state index is -3.55. The maximum Gasteiger partial charge on any atom is 0.340 e. The Bertz CT molecular complexity index is 941. The van der Waals surface area contributed by atoms with Gasteiger partial charge >= 0.3 is 5.97 Å². The number of anilines is 1. The molecular formula is C19H22N2O5S. The van der Waals surface area contributed by atoms with Gasteiger partial charge in [0.2, 0.25) is 10.0 Å². The number of carbonyl (C=O) groups is 2. The molecule has 0 spiro atoms. The van der Waals surface area contributed by atoms with Crippen molar-refractivity contribution in [3.8, 4) is 0 Å². The van der Waals surface area contributed by atoms with Crippen molar-refractivity contribution < 1.29 is 22.7 Å². The Hall–Kier alpha value is -2.87. The SMILES string of the molecule is Cc1ccccc1CN(C)C(=O)COC(=O)c1ccccc1NS(C)(=O)=O. The Morgan fingerprint density at radius 1 is 1.07 bits per heavy atom. The molecule has 0 bridgehead atoms. The second-order valence-electron chi connectivity index (χ2n) is 6.17. The molecule has 0 saturated carbocycles. The largest absolute Gasteiger partial charge is 0.452 e. The van der Waals surface area contributed by atoms with Crippen LogP contribution in [0.25, 0.3) is 0 Å². The molecule has 0 aromatic heterocycles. The number of ether oxygens (including phenoxy) is 1. The summed E-state index contributed by atoms with van der Waals surface area (Å²) in [6.07, 6.45) is 0.985. The van der Waals surface area contributed by atoms with Gasteiger partial charge in [0.05, 0.1) is 17.5 Å². The van der Waals surface area contributed by atoms with Crippen molar-refractivity contribution in [1.82, 2.24) is 4.90 Å². The summed E-state index contributed by atoms with van der Waals surface area (Å²) in [5.74, 6) is -1.14. The molecule has 0 saturated heterocycles. The van der Waals surface area contributed by atoms with E-state index in [1.165, 1.54) is 17.0 Å². The molecule has 0 aliphatic heterocycles. The number of sulfonamides is 1. The normalized spacial score (nSPS) is 10.9. The predicted octanol–water partition coefficient (Wildman–Crippen LogP) is 2.18. The molecule has 0 aliphatic carbocycles. The lowest BCUT2D eigenvalue weighted by molar-refractivity contribution is -0.133. The Morgan fingerprint density at radius 3 is 2.37 bits per heavy atom. The molecule has 27 heavy (non-hydrogen) atoms. The van der Waals surface area contributed by atoms with Crippen LogP contribution in [0.2, 0.25) is 0 Å². The molecule has 0 aliphatic rings. The second-order valence-corrected chi connectivity index (χ2v) is 7.92. The molecule has 0 fully saturated rings. The first-order chi connectivity index (χ1) is 12.7. The van der Waals surface area contributed by atoms with Crippen LogP contribution in [-0.2, 0) is 26.1 Å². The molecular weight excluding hydrogens is 368 g/mol. The highest BCUT2D eigenvalue weighted by Crippen LogP contribution is 2.17. The lowest BCUT2D eigenvalue weighted by Crippen LogP contribution is -2.31. The van der Waals surface area contributed by atoms with Gasteiger partial charge in [-0.25, -0.2) is 13.2 Å². The molecule has 2 aromatic carbocycles. The van der Waals surface area contributed by atoms with Crippen LogP contribution in [0.4, 0.5) is 5.69 Å². The van der Waals surface area contributed by atoms with E-state index in [9.17, 15) is 18.0 Å². The van der Waals surface area contributed by atoms with Crippen LogP contribution in [0.3, 0.4) is 0 Å². The number of para-hydroxylation sites is 1. The molecule has 0 heterocycles. The summed E-state index contributed by atoms with van der Waals surface area (Å²) in [6, 6.07) is 13.7. The van der Waals surface area contributed by atoms with Gasteiger partial charge in [-0.15, -0.1) is 0 Å². The zero-order valence-electron chi connectivity index (χ0n) is 15.4. The van der Waals surface area contributed by atoms with Crippen LogP contribution >= 0.6 is 0 Å². The number of carbonyl (C=O) groups excluding carboxylic acids is 2. The first kappa shape index (κ1) is 20.4. The number of likely N-dealkylation sites (N-methyl/N-ethyl adjacent to an activating group) is 1. The number of hydrogen-bond acceptors (Lipinski definition) is 5. The van der Waals surface area contributed by atoms with Crippen LogP contribution in [0.5, 0.6) is 0 Å². The van der Waals surface area contributed by atoms with Crippen molar-refractivity contribution in [2.75, 3.05) is 24.6 Å². The summed E-state index contributed by atoms with van der Waals surface area (Å²) in [5.41, 5.74) is 2.21. The standard InChI is InChI=1S/C19H22N2O5S/c1-14-8-4-5-9-15(14)12-21(2)18(22)13-26-19(23)16-10-6-7-11-17(16)20-27(3,24)25/h4-11,20H,12-13H2,1-3H3. The third-order valence-corrected chi connectivity index (χ3v) is 4.45. The highest BCUT2D eigenvalue weighted by atomic mass is 32.2. The lowest BCUT2D eigenvalue weighted by atomic mass is 10.1. The summed E-state index contributed by atoms with van der Waals surface area (Å²) in [5, 5.41) is 0. The minimum absolute atomic E-state index is 0.0391. The highest BCUT2D eigenvalue weighted by Gasteiger charge is 2.18. The van der Waals surface area contributed by atoms with Gasteiger partial charge in [-0.05, 0) is 30.2 Å². The number of nitrogens with one attached hydrogen (secondary N) is 1. The van der Waals surface area contributed by atoms with E-state index in [1.807, 2.05) is 31.2 Å². The second kappa shape index (κ2) is 8.68. The number of benzene rings is 2. The number of hydrogen-bond donors (Lipinski definition) is 1. The molecule has 1 N–H and O–H groups in total. The molecule has 2 aromatic rings. The van der Waals surface area contributed by atoms with E-state index in [0.717, 1.165) is 17.4 Å². The van der Waals surface area contributed by atoms with Gasteiger partial charge in [0.15, 0.2) is 6.61 Å². The fourth-order valence-electron chi connectivity index (χ4n) is 2.40. The Labute approximate surface area is 159 Å². The van der Waals surface area contributed by atoms with Crippen LogP contribution in [0.1, 0.15) is 21.5 Å². The van der Waals surface area contributed by atoms with Crippen LogP contribution in [0, 0.1) is 6.92 Å². The maximum atomic E-state index is 12.3. The monoisotopic (exact) mass is 390 g/mol. The Balaban J connectivity index is 1.99. The molecule has 7 nitrogen and oxygen atoms in total. The van der Waals surface area contributed by atoms with Gasteiger partial charge in [-0.2, -0.15) is 0 Å². The van der Waals surface area contributed by atoms with E-state index in [2.05, 4.69) is 4.72 Å². The van der Waals surface area contributed by atoms with Crippen molar-refractivity contribution in [3.63, 3.8) is 0 Å². The molecule has 2 rings (SSSR count). The van der Waals surface area contributed by atoms with Crippen LogP contribution in [-0.4, -0.2) is 45.1 Å². The fraction of sp³-hybridized carbons (Fsp3) is 0.263. The highest BCUT2D eigenvalue weighted by molar-refractivity contribution is 7.92. The van der Waals surface area contributed by atoms with Gasteiger partial charge in [0.25, 0.3) is 5.91 Å². The summed E-state index contributed by atoms with van der Waals surface area (Å²) < 4.78 is 30.1. The van der Waals surface area contributed by atoms with Gasteiger partial charge in [0, 0.05) is 13.6 Å². The molecule has 144 valence electrons. The number of amides is 1. The first-order valence-corrected chi connectivity index (χ1v) is 10.1. The zero-order valence-corrected chi connectivity index (χ0v) is 16.2. The maximum absolute atomic E-state index is 12.3. The molecule has 0 radical (unpaired) electrons. The van der Waals surface area contributed by atoms with Crippen LogP contribution < -0.4 is 4.72 Å². The van der Waals surface area contributed by atoms with Crippen molar-refractivity contribution in [3.05, 3.63) is 65.2 Å². The summed E-state index contributed by atoms with van der Waals surface area (Å²) in [4.78, 5) is 26.0. The third-order valence-electron chi connectivity index (χ3n) is 3.86. The first-order valence-electron chi connectivity index (χ1n) is 8.20. The average molecular weight is 390 g/mol.